The monoisotopic (exact) mass is 243 g/mol. The van der Waals surface area contributed by atoms with E-state index in [1.807, 2.05) is 40.3 Å². The van der Waals surface area contributed by atoms with Crippen LogP contribution in [0.4, 0.5) is 5.13 Å². The van der Waals surface area contributed by atoms with Gasteiger partial charge in [-0.1, -0.05) is 18.2 Å². The van der Waals surface area contributed by atoms with Crippen LogP contribution < -0.4 is 5.73 Å². The molecule has 0 aliphatic carbocycles. The minimum Gasteiger partial charge on any atom is -0.375 e. The lowest BCUT2D eigenvalue weighted by atomic mass is 10.3. The van der Waals surface area contributed by atoms with Crippen molar-refractivity contribution in [3.8, 4) is 17.2 Å². The van der Waals surface area contributed by atoms with E-state index in [0.29, 0.717) is 11.0 Å². The number of thiazole rings is 1. The lowest BCUT2D eigenvalue weighted by Gasteiger charge is -2.03. The Kier molecular flexibility index (Phi) is 2.34. The summed E-state index contributed by atoms with van der Waals surface area (Å²) in [4.78, 5) is 4.21. The van der Waals surface area contributed by atoms with Gasteiger partial charge in [0.15, 0.2) is 11.0 Å². The van der Waals surface area contributed by atoms with Gasteiger partial charge in [-0.25, -0.2) is 4.98 Å². The molecule has 3 rings (SSSR count). The van der Waals surface area contributed by atoms with Crippen molar-refractivity contribution >= 4 is 16.5 Å². The van der Waals surface area contributed by atoms with Crippen LogP contribution in [0.1, 0.15) is 0 Å². The summed E-state index contributed by atoms with van der Waals surface area (Å²) in [5.74, 6) is 0.698. The van der Waals surface area contributed by atoms with Crippen LogP contribution in [0.25, 0.3) is 17.2 Å². The molecular formula is C11H9N5S. The topological polar surface area (TPSA) is 69.6 Å². The highest BCUT2D eigenvalue weighted by Crippen LogP contribution is 2.23. The molecule has 0 saturated heterocycles. The standard InChI is InChI=1S/C11H9N5S/c12-11-14-9(6-17-11)10-15-13-7-16(10)8-4-2-1-3-5-8/h1-7H,(H2,12,14). The quantitative estimate of drug-likeness (QED) is 0.747. The Morgan fingerprint density at radius 3 is 2.71 bits per heavy atom. The molecule has 0 aliphatic heterocycles. The number of nitrogens with zero attached hydrogens (tertiary/aromatic N) is 4. The molecular weight excluding hydrogens is 234 g/mol. The average molecular weight is 243 g/mol. The van der Waals surface area contributed by atoms with E-state index in [1.54, 1.807) is 6.33 Å². The predicted molar refractivity (Wildman–Crippen MR) is 66.9 cm³/mol. The summed E-state index contributed by atoms with van der Waals surface area (Å²) in [6.45, 7) is 0. The highest BCUT2D eigenvalue weighted by atomic mass is 32.1. The third-order valence-electron chi connectivity index (χ3n) is 2.33. The van der Waals surface area contributed by atoms with Gasteiger partial charge in [-0.2, -0.15) is 0 Å². The van der Waals surface area contributed by atoms with Crippen molar-refractivity contribution in [1.29, 1.82) is 0 Å². The van der Waals surface area contributed by atoms with Crippen molar-refractivity contribution in [2.75, 3.05) is 5.73 Å². The van der Waals surface area contributed by atoms with Crippen LogP contribution >= 0.6 is 11.3 Å². The molecule has 0 bridgehead atoms. The van der Waals surface area contributed by atoms with Gasteiger partial charge in [0.1, 0.15) is 12.0 Å². The summed E-state index contributed by atoms with van der Waals surface area (Å²) in [6.07, 6.45) is 1.67. The summed E-state index contributed by atoms with van der Waals surface area (Å²) in [5.41, 5.74) is 7.37. The van der Waals surface area contributed by atoms with Crippen molar-refractivity contribution in [1.82, 2.24) is 19.7 Å². The maximum Gasteiger partial charge on any atom is 0.187 e. The molecule has 5 nitrogen and oxygen atoms in total. The number of hydrogen-bond donors (Lipinski definition) is 1. The highest BCUT2D eigenvalue weighted by molar-refractivity contribution is 7.13. The maximum absolute atomic E-state index is 5.62. The number of nitrogen functional groups attached to an aromatic ring is 1. The predicted octanol–water partition coefficient (Wildman–Crippen LogP) is 1.97. The fourth-order valence-electron chi connectivity index (χ4n) is 1.58. The second-order valence-electron chi connectivity index (χ2n) is 3.43. The number of anilines is 1. The van der Waals surface area contributed by atoms with Crippen LogP contribution in [0, 0.1) is 0 Å². The van der Waals surface area contributed by atoms with Gasteiger partial charge in [0.2, 0.25) is 0 Å². The molecule has 0 spiro atoms. The van der Waals surface area contributed by atoms with E-state index in [4.69, 9.17) is 5.73 Å². The van der Waals surface area contributed by atoms with Crippen LogP contribution in [0.2, 0.25) is 0 Å². The number of nitrogens with two attached hydrogens (primary N) is 1. The van der Waals surface area contributed by atoms with Gasteiger partial charge >= 0.3 is 0 Å². The van der Waals surface area contributed by atoms with Crippen molar-refractivity contribution < 1.29 is 0 Å². The number of hydrogen-bond acceptors (Lipinski definition) is 5. The van der Waals surface area contributed by atoms with Crippen molar-refractivity contribution in [3.63, 3.8) is 0 Å². The number of para-hydroxylation sites is 1. The van der Waals surface area contributed by atoms with E-state index in [2.05, 4.69) is 15.2 Å². The fraction of sp³-hybridized carbons (Fsp3) is 0. The first-order chi connectivity index (χ1) is 8.34. The minimum atomic E-state index is 0.530. The minimum absolute atomic E-state index is 0.530. The number of benzene rings is 1. The lowest BCUT2D eigenvalue weighted by molar-refractivity contribution is 1.06. The van der Waals surface area contributed by atoms with Crippen LogP contribution in [0.5, 0.6) is 0 Å². The van der Waals surface area contributed by atoms with E-state index in [9.17, 15) is 0 Å². The highest BCUT2D eigenvalue weighted by Gasteiger charge is 2.11. The van der Waals surface area contributed by atoms with Gasteiger partial charge in [-0.3, -0.25) is 4.57 Å². The second-order valence-corrected chi connectivity index (χ2v) is 4.32. The van der Waals surface area contributed by atoms with E-state index in [1.165, 1.54) is 11.3 Å². The zero-order valence-corrected chi connectivity index (χ0v) is 9.63. The molecule has 2 aromatic heterocycles. The summed E-state index contributed by atoms with van der Waals surface area (Å²) in [7, 11) is 0. The van der Waals surface area contributed by atoms with Crippen LogP contribution in [0.3, 0.4) is 0 Å². The van der Waals surface area contributed by atoms with Gasteiger partial charge in [0, 0.05) is 11.1 Å². The third-order valence-corrected chi connectivity index (χ3v) is 3.01. The summed E-state index contributed by atoms with van der Waals surface area (Å²) in [6, 6.07) is 9.88. The molecule has 0 radical (unpaired) electrons. The third kappa shape index (κ3) is 1.78. The Balaban J connectivity index is 2.12. The molecule has 0 amide bonds. The molecule has 1 aromatic carbocycles. The first-order valence-corrected chi connectivity index (χ1v) is 5.89. The Bertz CT molecular complexity index is 628. The molecule has 84 valence electrons. The molecule has 3 aromatic rings. The zero-order chi connectivity index (χ0) is 11.7. The van der Waals surface area contributed by atoms with Crippen molar-refractivity contribution in [2.24, 2.45) is 0 Å². The SMILES string of the molecule is Nc1nc(-c2nncn2-c2ccccc2)cs1. The summed E-state index contributed by atoms with van der Waals surface area (Å²) in [5, 5.41) is 10.4. The van der Waals surface area contributed by atoms with E-state index in [-0.39, 0.29) is 0 Å². The summed E-state index contributed by atoms with van der Waals surface area (Å²) >= 11 is 1.39. The van der Waals surface area contributed by atoms with Gasteiger partial charge in [0.25, 0.3) is 0 Å². The molecule has 17 heavy (non-hydrogen) atoms. The van der Waals surface area contributed by atoms with E-state index in [0.717, 1.165) is 11.4 Å². The van der Waals surface area contributed by atoms with Crippen molar-refractivity contribution in [2.45, 2.75) is 0 Å². The van der Waals surface area contributed by atoms with Crippen LogP contribution in [-0.2, 0) is 0 Å². The molecule has 6 heteroatoms. The van der Waals surface area contributed by atoms with Gasteiger partial charge in [-0.05, 0) is 12.1 Å². The molecule has 0 saturated carbocycles. The number of rotatable bonds is 2. The van der Waals surface area contributed by atoms with Gasteiger partial charge < -0.3 is 5.73 Å². The normalized spacial score (nSPS) is 10.6. The summed E-state index contributed by atoms with van der Waals surface area (Å²) < 4.78 is 1.88. The Hall–Kier alpha value is -2.21. The molecule has 2 heterocycles. The fourth-order valence-corrected chi connectivity index (χ4v) is 2.12. The zero-order valence-electron chi connectivity index (χ0n) is 8.82. The van der Waals surface area contributed by atoms with Crippen LogP contribution in [0.15, 0.2) is 42.0 Å². The molecule has 0 aliphatic rings. The van der Waals surface area contributed by atoms with Crippen LogP contribution in [-0.4, -0.2) is 19.7 Å². The van der Waals surface area contributed by atoms with Crippen molar-refractivity contribution in [3.05, 3.63) is 42.0 Å². The molecule has 2 N–H and O–H groups in total. The van der Waals surface area contributed by atoms with Gasteiger partial charge in [0.05, 0.1) is 0 Å². The first-order valence-electron chi connectivity index (χ1n) is 5.01. The molecule has 0 fully saturated rings. The first kappa shape index (κ1) is 9.98. The Labute approximate surface area is 102 Å². The maximum atomic E-state index is 5.62. The molecule has 0 atom stereocenters. The molecule has 0 unspecified atom stereocenters. The Morgan fingerprint density at radius 2 is 2.00 bits per heavy atom. The number of aromatic nitrogens is 4. The second kappa shape index (κ2) is 3.99. The van der Waals surface area contributed by atoms with Gasteiger partial charge in [-0.15, -0.1) is 21.5 Å². The van der Waals surface area contributed by atoms with E-state index >= 15 is 0 Å². The lowest BCUT2D eigenvalue weighted by Crippen LogP contribution is -1.96. The average Bonchev–Trinajstić information content (AvgIpc) is 2.98. The van der Waals surface area contributed by atoms with E-state index < -0.39 is 0 Å². The smallest absolute Gasteiger partial charge is 0.187 e. The largest absolute Gasteiger partial charge is 0.375 e. The Morgan fingerprint density at radius 1 is 1.18 bits per heavy atom.